The Morgan fingerprint density at radius 2 is 1.76 bits per heavy atom. The van der Waals surface area contributed by atoms with Crippen LogP contribution >= 0.6 is 24.0 Å². The van der Waals surface area contributed by atoms with Crippen LogP contribution in [0.2, 0.25) is 5.02 Å². The Morgan fingerprint density at radius 1 is 1.03 bits per heavy atom. The van der Waals surface area contributed by atoms with E-state index in [4.69, 9.17) is 16.3 Å². The summed E-state index contributed by atoms with van der Waals surface area (Å²) in [6.07, 6.45) is 3.85. The first-order valence-electron chi connectivity index (χ1n) is 9.29. The van der Waals surface area contributed by atoms with Gasteiger partial charge in [0.05, 0.1) is 14.8 Å². The van der Waals surface area contributed by atoms with E-state index in [1.807, 2.05) is 0 Å². The lowest BCUT2D eigenvalue weighted by Crippen LogP contribution is -2.25. The zero-order valence-electron chi connectivity index (χ0n) is 15.8. The molecule has 0 atom stereocenters. The summed E-state index contributed by atoms with van der Waals surface area (Å²) in [5.74, 6) is 0.613. The van der Waals surface area contributed by atoms with E-state index >= 15 is 0 Å². The van der Waals surface area contributed by atoms with Crippen LogP contribution in [0.25, 0.3) is 10.9 Å². The molecule has 1 fully saturated rings. The molecule has 2 heterocycles. The highest BCUT2D eigenvalue weighted by Gasteiger charge is 2.20. The van der Waals surface area contributed by atoms with Crippen molar-refractivity contribution in [1.82, 2.24) is 9.88 Å². The molecule has 0 spiro atoms. The molecule has 29 heavy (non-hydrogen) atoms. The highest BCUT2D eigenvalue weighted by atomic mass is 35.5. The number of likely N-dealkylation sites (tertiary alicyclic amines) is 1. The van der Waals surface area contributed by atoms with Crippen molar-refractivity contribution in [2.45, 2.75) is 22.6 Å². The molecule has 0 unspecified atom stereocenters. The van der Waals surface area contributed by atoms with Gasteiger partial charge in [0, 0.05) is 18.1 Å². The number of nitrogens with zero attached hydrogens (tertiary/aromatic N) is 2. The topological polar surface area (TPSA) is 59.5 Å². The van der Waals surface area contributed by atoms with Crippen LogP contribution in [0.15, 0.2) is 64.5 Å². The van der Waals surface area contributed by atoms with Crippen LogP contribution in [0.5, 0.6) is 5.75 Å². The van der Waals surface area contributed by atoms with Gasteiger partial charge in [0.1, 0.15) is 17.9 Å². The van der Waals surface area contributed by atoms with Crippen molar-refractivity contribution in [2.75, 3.05) is 26.2 Å². The molecule has 1 saturated heterocycles. The van der Waals surface area contributed by atoms with Crippen LogP contribution in [0.4, 0.5) is 0 Å². The monoisotopic (exact) mass is 452 g/mol. The van der Waals surface area contributed by atoms with Gasteiger partial charge < -0.3 is 4.74 Å². The van der Waals surface area contributed by atoms with E-state index in [-0.39, 0.29) is 22.2 Å². The van der Waals surface area contributed by atoms with E-state index in [1.165, 1.54) is 19.0 Å². The number of ether oxygens (including phenoxy) is 1. The Morgan fingerprint density at radius 3 is 2.48 bits per heavy atom. The van der Waals surface area contributed by atoms with Gasteiger partial charge in [-0.3, -0.25) is 9.88 Å². The van der Waals surface area contributed by atoms with E-state index < -0.39 is 9.84 Å². The van der Waals surface area contributed by atoms with E-state index in [0.717, 1.165) is 19.6 Å². The number of hydrogen-bond donors (Lipinski definition) is 0. The van der Waals surface area contributed by atoms with Gasteiger partial charge in [-0.05, 0) is 56.3 Å². The molecule has 1 aromatic heterocycles. The lowest BCUT2D eigenvalue weighted by Gasteiger charge is -2.16. The fourth-order valence-electron chi connectivity index (χ4n) is 3.43. The molecule has 3 aromatic rings. The zero-order valence-corrected chi connectivity index (χ0v) is 18.1. The lowest BCUT2D eigenvalue weighted by atomic mass is 10.2. The number of pyridine rings is 1. The molecule has 0 aliphatic carbocycles. The SMILES string of the molecule is Cl.O=S(=O)(c1ccccc1)c1cnc2c(OCCN3CCCC3)ccc(Cl)c2c1. The van der Waals surface area contributed by atoms with Gasteiger partial charge in [-0.1, -0.05) is 29.8 Å². The summed E-state index contributed by atoms with van der Waals surface area (Å²) in [7, 11) is -3.66. The average Bonchev–Trinajstić information content (AvgIpc) is 3.24. The Kier molecular flexibility index (Phi) is 7.01. The standard InChI is InChI=1S/C21H21ClN2O3S.ClH/c22-19-8-9-20(27-13-12-24-10-4-5-11-24)21-18(19)14-17(15-23-21)28(25,26)16-6-2-1-3-7-16;/h1-3,6-9,14-15H,4-5,10-13H2;1H. The van der Waals surface area contributed by atoms with Crippen LogP contribution in [-0.4, -0.2) is 44.5 Å². The Labute approximate surface area is 182 Å². The molecule has 154 valence electrons. The molecule has 0 N–H and O–H groups in total. The summed E-state index contributed by atoms with van der Waals surface area (Å²) in [6.45, 7) is 3.65. The van der Waals surface area contributed by atoms with Crippen molar-refractivity contribution in [3.05, 3.63) is 59.8 Å². The van der Waals surface area contributed by atoms with Crippen molar-refractivity contribution in [3.8, 4) is 5.75 Å². The van der Waals surface area contributed by atoms with Gasteiger partial charge in [-0.25, -0.2) is 8.42 Å². The minimum Gasteiger partial charge on any atom is -0.490 e. The maximum Gasteiger partial charge on any atom is 0.208 e. The van der Waals surface area contributed by atoms with E-state index in [1.54, 1.807) is 48.5 Å². The highest BCUT2D eigenvalue weighted by Crippen LogP contribution is 2.32. The zero-order chi connectivity index (χ0) is 19.6. The summed E-state index contributed by atoms with van der Waals surface area (Å²) in [6, 6.07) is 13.4. The molecule has 5 nitrogen and oxygen atoms in total. The number of hydrogen-bond acceptors (Lipinski definition) is 5. The lowest BCUT2D eigenvalue weighted by molar-refractivity contribution is 0.239. The summed E-state index contributed by atoms with van der Waals surface area (Å²) < 4.78 is 31.7. The van der Waals surface area contributed by atoms with Crippen molar-refractivity contribution in [1.29, 1.82) is 0 Å². The summed E-state index contributed by atoms with van der Waals surface area (Å²) in [5, 5.41) is 1.01. The summed E-state index contributed by atoms with van der Waals surface area (Å²) in [5.41, 5.74) is 0.570. The van der Waals surface area contributed by atoms with Crippen LogP contribution in [0.1, 0.15) is 12.8 Å². The number of benzene rings is 2. The first kappa shape index (κ1) is 21.8. The van der Waals surface area contributed by atoms with E-state index in [2.05, 4.69) is 9.88 Å². The predicted octanol–water partition coefficient (Wildman–Crippen LogP) is 4.62. The molecule has 0 radical (unpaired) electrons. The Balaban J connectivity index is 0.00000240. The molecule has 0 bridgehead atoms. The first-order chi connectivity index (χ1) is 13.6. The van der Waals surface area contributed by atoms with Gasteiger partial charge in [0.2, 0.25) is 9.84 Å². The van der Waals surface area contributed by atoms with Gasteiger partial charge in [0.15, 0.2) is 0 Å². The number of aromatic nitrogens is 1. The molecule has 1 aliphatic rings. The summed E-state index contributed by atoms with van der Waals surface area (Å²) >= 11 is 6.34. The van der Waals surface area contributed by atoms with E-state index in [0.29, 0.717) is 28.3 Å². The van der Waals surface area contributed by atoms with Crippen LogP contribution in [0.3, 0.4) is 0 Å². The maximum atomic E-state index is 12.9. The quantitative estimate of drug-likeness (QED) is 0.545. The normalized spacial score (nSPS) is 14.7. The third kappa shape index (κ3) is 4.67. The van der Waals surface area contributed by atoms with Crippen LogP contribution < -0.4 is 4.74 Å². The maximum absolute atomic E-state index is 12.9. The number of rotatable bonds is 6. The summed E-state index contributed by atoms with van der Waals surface area (Å²) in [4.78, 5) is 7.09. The van der Waals surface area contributed by atoms with Crippen molar-refractivity contribution < 1.29 is 13.2 Å². The van der Waals surface area contributed by atoms with Crippen LogP contribution in [-0.2, 0) is 9.84 Å². The molecule has 0 amide bonds. The Bertz CT molecular complexity index is 1090. The Hall–Kier alpha value is -1.86. The third-order valence-corrected chi connectivity index (χ3v) is 7.03. The van der Waals surface area contributed by atoms with Crippen molar-refractivity contribution in [3.63, 3.8) is 0 Å². The molecule has 1 aliphatic heterocycles. The van der Waals surface area contributed by atoms with Gasteiger partial charge in [-0.15, -0.1) is 12.4 Å². The highest BCUT2D eigenvalue weighted by molar-refractivity contribution is 7.91. The van der Waals surface area contributed by atoms with Crippen molar-refractivity contribution >= 4 is 44.7 Å². The van der Waals surface area contributed by atoms with Gasteiger partial charge in [-0.2, -0.15) is 0 Å². The number of fused-ring (bicyclic) bond motifs is 1. The largest absolute Gasteiger partial charge is 0.490 e. The van der Waals surface area contributed by atoms with E-state index in [9.17, 15) is 8.42 Å². The first-order valence-corrected chi connectivity index (χ1v) is 11.2. The fourth-order valence-corrected chi connectivity index (χ4v) is 4.89. The smallest absolute Gasteiger partial charge is 0.208 e. The second kappa shape index (κ2) is 9.30. The third-order valence-electron chi connectivity index (χ3n) is 4.96. The second-order valence-corrected chi connectivity index (χ2v) is 9.18. The minimum atomic E-state index is -3.66. The molecule has 4 rings (SSSR count). The van der Waals surface area contributed by atoms with Gasteiger partial charge in [0.25, 0.3) is 0 Å². The van der Waals surface area contributed by atoms with Gasteiger partial charge >= 0.3 is 0 Å². The molecule has 0 saturated carbocycles. The van der Waals surface area contributed by atoms with Crippen molar-refractivity contribution in [2.24, 2.45) is 0 Å². The predicted molar refractivity (Wildman–Crippen MR) is 117 cm³/mol. The number of sulfone groups is 1. The molecule has 2 aromatic carbocycles. The number of halogens is 2. The second-order valence-electron chi connectivity index (χ2n) is 6.83. The minimum absolute atomic E-state index is 0. The average molecular weight is 453 g/mol. The van der Waals surface area contributed by atoms with Crippen LogP contribution in [0, 0.1) is 0 Å². The molecule has 8 heteroatoms. The molecular weight excluding hydrogens is 431 g/mol. The molecular formula is C21H22Cl2N2O3S. The fraction of sp³-hybridized carbons (Fsp3) is 0.286.